The fourth-order valence-corrected chi connectivity index (χ4v) is 1.98. The van der Waals surface area contributed by atoms with Gasteiger partial charge < -0.3 is 15.5 Å². The van der Waals surface area contributed by atoms with Gasteiger partial charge in [-0.15, -0.1) is 0 Å². The fraction of sp³-hybridized carbons (Fsp3) is 0.267. The number of benzene rings is 1. The quantitative estimate of drug-likeness (QED) is 0.757. The Morgan fingerprint density at radius 3 is 2.50 bits per heavy atom. The molecular weight excluding hydrogens is 289 g/mol. The molecule has 0 aliphatic rings. The lowest BCUT2D eigenvalue weighted by molar-refractivity contribution is 0.0690. The smallest absolute Gasteiger partial charge is 0.356 e. The molecule has 0 fully saturated rings. The summed E-state index contributed by atoms with van der Waals surface area (Å²) >= 11 is 0. The predicted molar refractivity (Wildman–Crippen MR) is 78.1 cm³/mol. The molecule has 7 heteroatoms. The lowest BCUT2D eigenvalue weighted by Gasteiger charge is -2.18. The van der Waals surface area contributed by atoms with E-state index in [1.54, 1.807) is 0 Å². The molecule has 0 bridgehead atoms. The van der Waals surface area contributed by atoms with Gasteiger partial charge in [0.2, 0.25) is 0 Å². The van der Waals surface area contributed by atoms with E-state index in [1.165, 1.54) is 30.5 Å². The van der Waals surface area contributed by atoms with E-state index in [0.29, 0.717) is 17.8 Å². The second-order valence-electron chi connectivity index (χ2n) is 4.94. The van der Waals surface area contributed by atoms with Crippen molar-refractivity contribution in [2.45, 2.75) is 25.5 Å². The van der Waals surface area contributed by atoms with Gasteiger partial charge in [-0.3, -0.25) is 0 Å². The first-order valence-corrected chi connectivity index (χ1v) is 6.71. The first-order valence-electron chi connectivity index (χ1n) is 6.71. The Balaban J connectivity index is 1.93. The second-order valence-corrected chi connectivity index (χ2v) is 4.94. The molecule has 22 heavy (non-hydrogen) atoms. The van der Waals surface area contributed by atoms with Gasteiger partial charge in [0.05, 0.1) is 18.5 Å². The zero-order valence-corrected chi connectivity index (χ0v) is 11.9. The maximum absolute atomic E-state index is 12.8. The molecule has 2 rings (SSSR count). The molecular formula is C15H16FN3O3. The molecule has 0 spiro atoms. The highest BCUT2D eigenvalue weighted by molar-refractivity contribution is 5.84. The SMILES string of the molecule is CC(CC(O)c1ccc(F)cc1)Nc1cnc(C(=O)O)cn1. The first-order chi connectivity index (χ1) is 10.5. The molecule has 116 valence electrons. The summed E-state index contributed by atoms with van der Waals surface area (Å²) in [6.45, 7) is 1.85. The minimum atomic E-state index is -1.14. The van der Waals surface area contributed by atoms with Crippen molar-refractivity contribution in [1.82, 2.24) is 9.97 Å². The van der Waals surface area contributed by atoms with Crippen molar-refractivity contribution in [3.63, 3.8) is 0 Å². The van der Waals surface area contributed by atoms with E-state index in [4.69, 9.17) is 5.11 Å². The summed E-state index contributed by atoms with van der Waals surface area (Å²) in [5, 5.41) is 21.9. The molecule has 0 aliphatic heterocycles. The monoisotopic (exact) mass is 305 g/mol. The van der Waals surface area contributed by atoms with E-state index in [2.05, 4.69) is 15.3 Å². The highest BCUT2D eigenvalue weighted by atomic mass is 19.1. The standard InChI is InChI=1S/C15H16FN3O3/c1-9(6-13(20)10-2-4-11(16)5-3-10)19-14-8-17-12(7-18-14)15(21)22/h2-5,7-9,13,20H,6H2,1H3,(H,18,19)(H,21,22). The Morgan fingerprint density at radius 1 is 1.27 bits per heavy atom. The number of hydrogen-bond donors (Lipinski definition) is 3. The first kappa shape index (κ1) is 15.8. The van der Waals surface area contributed by atoms with Crippen LogP contribution < -0.4 is 5.32 Å². The third-order valence-electron chi connectivity index (χ3n) is 3.10. The number of nitrogens with zero attached hydrogens (tertiary/aromatic N) is 2. The lowest BCUT2D eigenvalue weighted by Crippen LogP contribution is -2.19. The number of nitrogens with one attached hydrogen (secondary N) is 1. The third kappa shape index (κ3) is 4.23. The third-order valence-corrected chi connectivity index (χ3v) is 3.10. The molecule has 1 aromatic carbocycles. The van der Waals surface area contributed by atoms with Gasteiger partial charge in [-0.1, -0.05) is 12.1 Å². The number of aliphatic hydroxyl groups is 1. The van der Waals surface area contributed by atoms with Crippen LogP contribution in [0.2, 0.25) is 0 Å². The van der Waals surface area contributed by atoms with Crippen molar-refractivity contribution in [3.8, 4) is 0 Å². The van der Waals surface area contributed by atoms with Crippen LogP contribution in [0.3, 0.4) is 0 Å². The maximum Gasteiger partial charge on any atom is 0.356 e. The molecule has 0 aliphatic carbocycles. The van der Waals surface area contributed by atoms with Crippen molar-refractivity contribution in [2.24, 2.45) is 0 Å². The largest absolute Gasteiger partial charge is 0.476 e. The second kappa shape index (κ2) is 6.95. The van der Waals surface area contributed by atoms with Crippen LogP contribution in [0.25, 0.3) is 0 Å². The van der Waals surface area contributed by atoms with E-state index >= 15 is 0 Å². The number of carbonyl (C=O) groups is 1. The van der Waals surface area contributed by atoms with Crippen molar-refractivity contribution in [1.29, 1.82) is 0 Å². The Labute approximate surface area is 126 Å². The summed E-state index contributed by atoms with van der Waals surface area (Å²) < 4.78 is 12.8. The Morgan fingerprint density at radius 2 is 1.95 bits per heavy atom. The van der Waals surface area contributed by atoms with E-state index in [-0.39, 0.29) is 17.6 Å². The minimum absolute atomic E-state index is 0.134. The molecule has 0 amide bonds. The Kier molecular flexibility index (Phi) is 5.00. The lowest BCUT2D eigenvalue weighted by atomic mass is 10.0. The summed E-state index contributed by atoms with van der Waals surface area (Å²) in [4.78, 5) is 18.4. The highest BCUT2D eigenvalue weighted by Crippen LogP contribution is 2.20. The zero-order valence-electron chi connectivity index (χ0n) is 11.9. The molecule has 1 aromatic heterocycles. The van der Waals surface area contributed by atoms with Gasteiger partial charge in [-0.05, 0) is 31.0 Å². The average molecular weight is 305 g/mol. The van der Waals surface area contributed by atoms with Crippen LogP contribution in [0.4, 0.5) is 10.2 Å². The van der Waals surface area contributed by atoms with Gasteiger partial charge in [0.1, 0.15) is 11.6 Å². The van der Waals surface area contributed by atoms with E-state index in [0.717, 1.165) is 6.20 Å². The van der Waals surface area contributed by atoms with Crippen LogP contribution in [0.5, 0.6) is 0 Å². The number of carboxylic acids is 1. The van der Waals surface area contributed by atoms with Crippen molar-refractivity contribution in [3.05, 3.63) is 53.7 Å². The molecule has 6 nitrogen and oxygen atoms in total. The van der Waals surface area contributed by atoms with Crippen LogP contribution in [-0.4, -0.2) is 32.2 Å². The van der Waals surface area contributed by atoms with E-state index in [9.17, 15) is 14.3 Å². The van der Waals surface area contributed by atoms with Crippen LogP contribution in [0.15, 0.2) is 36.7 Å². The summed E-state index contributed by atoms with van der Waals surface area (Å²) in [5.41, 5.74) is 0.493. The maximum atomic E-state index is 12.8. The predicted octanol–water partition coefficient (Wildman–Crippen LogP) is 2.24. The Bertz CT molecular complexity index is 631. The molecule has 0 saturated carbocycles. The average Bonchev–Trinajstić information content (AvgIpc) is 2.48. The Hall–Kier alpha value is -2.54. The van der Waals surface area contributed by atoms with Gasteiger partial charge in [0.25, 0.3) is 0 Å². The van der Waals surface area contributed by atoms with Gasteiger partial charge in [-0.2, -0.15) is 0 Å². The van der Waals surface area contributed by atoms with Crippen molar-refractivity contribution >= 4 is 11.8 Å². The van der Waals surface area contributed by atoms with Crippen molar-refractivity contribution in [2.75, 3.05) is 5.32 Å². The molecule has 0 saturated heterocycles. The molecule has 3 N–H and O–H groups in total. The van der Waals surface area contributed by atoms with Crippen LogP contribution in [0.1, 0.15) is 35.5 Å². The van der Waals surface area contributed by atoms with E-state index in [1.807, 2.05) is 6.92 Å². The molecule has 1 heterocycles. The molecule has 0 radical (unpaired) electrons. The van der Waals surface area contributed by atoms with E-state index < -0.39 is 12.1 Å². The van der Waals surface area contributed by atoms with Crippen LogP contribution >= 0.6 is 0 Å². The van der Waals surface area contributed by atoms with Gasteiger partial charge >= 0.3 is 5.97 Å². The summed E-state index contributed by atoms with van der Waals surface area (Å²) in [6, 6.07) is 5.53. The minimum Gasteiger partial charge on any atom is -0.476 e. The number of aromatic nitrogens is 2. The topological polar surface area (TPSA) is 95.3 Å². The van der Waals surface area contributed by atoms with Gasteiger partial charge in [-0.25, -0.2) is 19.2 Å². The number of aliphatic hydroxyl groups excluding tert-OH is 1. The van der Waals surface area contributed by atoms with Crippen molar-refractivity contribution < 1.29 is 19.4 Å². The fourth-order valence-electron chi connectivity index (χ4n) is 1.98. The number of halogens is 1. The number of rotatable bonds is 6. The molecule has 2 atom stereocenters. The number of carboxylic acid groups (broad SMARTS) is 1. The number of hydrogen-bond acceptors (Lipinski definition) is 5. The van der Waals surface area contributed by atoms with Crippen LogP contribution in [-0.2, 0) is 0 Å². The summed E-state index contributed by atoms with van der Waals surface area (Å²) in [7, 11) is 0. The molecule has 2 aromatic rings. The van der Waals surface area contributed by atoms with Gasteiger partial charge in [0, 0.05) is 6.04 Å². The van der Waals surface area contributed by atoms with Crippen LogP contribution in [0, 0.1) is 5.82 Å². The highest BCUT2D eigenvalue weighted by Gasteiger charge is 2.13. The number of aromatic carboxylic acids is 1. The summed E-state index contributed by atoms with van der Waals surface area (Å²) in [5.74, 6) is -1.07. The zero-order chi connectivity index (χ0) is 16.1. The normalized spacial score (nSPS) is 13.4. The number of anilines is 1. The summed E-state index contributed by atoms with van der Waals surface area (Å²) in [6.07, 6.45) is 2.13. The molecule has 2 unspecified atom stereocenters. The van der Waals surface area contributed by atoms with Gasteiger partial charge in [0.15, 0.2) is 5.69 Å².